The van der Waals surface area contributed by atoms with Crippen LogP contribution in [0.3, 0.4) is 0 Å². The predicted molar refractivity (Wildman–Crippen MR) is 101 cm³/mol. The van der Waals surface area contributed by atoms with Gasteiger partial charge in [-0.25, -0.2) is 0 Å². The van der Waals surface area contributed by atoms with E-state index in [1.807, 2.05) is 13.8 Å². The highest BCUT2D eigenvalue weighted by Gasteiger charge is 2.30. The summed E-state index contributed by atoms with van der Waals surface area (Å²) in [6, 6.07) is 0. The van der Waals surface area contributed by atoms with Crippen LogP contribution in [-0.4, -0.2) is 49.2 Å². The molecule has 0 aliphatic heterocycles. The van der Waals surface area contributed by atoms with E-state index in [-0.39, 0.29) is 24.8 Å². The second-order valence-corrected chi connectivity index (χ2v) is 8.18. The van der Waals surface area contributed by atoms with E-state index in [1.54, 1.807) is 27.7 Å². The Labute approximate surface area is 158 Å². The zero-order valence-electron chi connectivity index (χ0n) is 17.0. The van der Waals surface area contributed by atoms with Gasteiger partial charge in [0.05, 0.1) is 0 Å². The number of Topliss-reactive ketones (excluding diaryl/α,β-unsaturated/α-hetero) is 2. The predicted octanol–water partition coefficient (Wildman–Crippen LogP) is 3.74. The molecule has 0 aromatic heterocycles. The molecule has 0 amide bonds. The minimum Gasteiger partial charge on any atom is -0.368 e. The summed E-state index contributed by atoms with van der Waals surface area (Å²) in [5, 5.41) is 0. The fourth-order valence-electron chi connectivity index (χ4n) is 1.74. The summed E-state index contributed by atoms with van der Waals surface area (Å²) in [4.78, 5) is 24.2. The molecular formula is C18H35O7P. The molecule has 0 radical (unpaired) electrons. The summed E-state index contributed by atoms with van der Waals surface area (Å²) in [5.74, 6) is -0.657. The van der Waals surface area contributed by atoms with E-state index >= 15 is 0 Å². The first-order chi connectivity index (χ1) is 12.1. The van der Waals surface area contributed by atoms with E-state index in [0.717, 1.165) is 25.7 Å². The number of hydrogen-bond acceptors (Lipinski definition) is 7. The molecule has 8 heteroatoms. The molecule has 0 aromatic rings. The third-order valence-electron chi connectivity index (χ3n) is 3.91. The van der Waals surface area contributed by atoms with Crippen molar-refractivity contribution in [1.29, 1.82) is 0 Å². The van der Waals surface area contributed by atoms with Crippen LogP contribution in [0.5, 0.6) is 0 Å². The van der Waals surface area contributed by atoms with Crippen molar-refractivity contribution >= 4 is 19.8 Å². The molecule has 0 saturated carbocycles. The van der Waals surface area contributed by atoms with Crippen LogP contribution in [0.4, 0.5) is 0 Å². The average Bonchev–Trinajstić information content (AvgIpc) is 2.57. The summed E-state index contributed by atoms with van der Waals surface area (Å²) in [6.45, 7) is 10.8. The number of carbonyl (C=O) groups excluding carboxylic acids is 2. The summed E-state index contributed by atoms with van der Waals surface area (Å²) >= 11 is 0. The molecule has 0 bridgehead atoms. The molecular weight excluding hydrogens is 359 g/mol. The number of rotatable bonds is 16. The first kappa shape index (κ1) is 25.4. The second-order valence-electron chi connectivity index (χ2n) is 7.10. The largest absolute Gasteiger partial charge is 0.368 e. The van der Waals surface area contributed by atoms with Gasteiger partial charge in [-0.15, -0.1) is 0 Å². The maximum absolute atomic E-state index is 12.1. The number of ether oxygens (including phenoxy) is 2. The lowest BCUT2D eigenvalue weighted by atomic mass is 10.0. The van der Waals surface area contributed by atoms with Crippen molar-refractivity contribution in [2.24, 2.45) is 0 Å². The van der Waals surface area contributed by atoms with E-state index in [1.165, 1.54) is 0 Å². The van der Waals surface area contributed by atoms with Gasteiger partial charge in [0.15, 0.2) is 11.6 Å². The fourth-order valence-corrected chi connectivity index (χ4v) is 2.32. The van der Waals surface area contributed by atoms with Gasteiger partial charge in [0.1, 0.15) is 24.4 Å². The third kappa shape index (κ3) is 10.5. The van der Waals surface area contributed by atoms with Crippen LogP contribution in [0.1, 0.15) is 67.2 Å². The minimum atomic E-state index is -2.95. The summed E-state index contributed by atoms with van der Waals surface area (Å²) < 4.78 is 32.7. The van der Waals surface area contributed by atoms with Crippen molar-refractivity contribution in [1.82, 2.24) is 0 Å². The molecule has 0 aliphatic rings. The lowest BCUT2D eigenvalue weighted by molar-refractivity contribution is -0.143. The highest BCUT2D eigenvalue weighted by molar-refractivity contribution is 7.33. The molecule has 0 atom stereocenters. The van der Waals surface area contributed by atoms with Gasteiger partial charge in [0, 0.05) is 13.2 Å². The Kier molecular flexibility index (Phi) is 12.4. The van der Waals surface area contributed by atoms with Gasteiger partial charge in [0.2, 0.25) is 0 Å². The Hall–Kier alpha value is -0.590. The molecule has 0 spiro atoms. The van der Waals surface area contributed by atoms with Gasteiger partial charge < -0.3 is 18.5 Å². The van der Waals surface area contributed by atoms with E-state index < -0.39 is 19.5 Å². The van der Waals surface area contributed by atoms with Gasteiger partial charge in [-0.2, -0.15) is 0 Å². The second kappa shape index (κ2) is 12.7. The van der Waals surface area contributed by atoms with E-state index in [0.29, 0.717) is 13.2 Å². The van der Waals surface area contributed by atoms with Crippen molar-refractivity contribution in [3.63, 3.8) is 0 Å². The standard InChI is InChI=1S/C18H35O7P/c1-7-9-11-22-17(3,4)15(19)13-24-26(21)25-14-16(20)18(5,6)23-12-10-8-2/h26H,7-14H2,1-6H3. The van der Waals surface area contributed by atoms with E-state index in [4.69, 9.17) is 18.5 Å². The molecule has 26 heavy (non-hydrogen) atoms. The monoisotopic (exact) mass is 394 g/mol. The molecule has 0 heterocycles. The van der Waals surface area contributed by atoms with Crippen molar-refractivity contribution in [3.05, 3.63) is 0 Å². The molecule has 0 aromatic carbocycles. The van der Waals surface area contributed by atoms with Crippen LogP contribution < -0.4 is 0 Å². The summed E-state index contributed by atoms with van der Waals surface area (Å²) in [6.07, 6.45) is 3.65. The van der Waals surface area contributed by atoms with Crippen LogP contribution in [0.25, 0.3) is 0 Å². The van der Waals surface area contributed by atoms with Gasteiger partial charge >= 0.3 is 8.25 Å². The fraction of sp³-hybridized carbons (Fsp3) is 0.889. The van der Waals surface area contributed by atoms with Gasteiger partial charge in [-0.3, -0.25) is 14.2 Å². The maximum atomic E-state index is 12.1. The van der Waals surface area contributed by atoms with Crippen LogP contribution >= 0.6 is 8.25 Å². The minimum absolute atomic E-state index is 0.329. The molecule has 0 aliphatic carbocycles. The zero-order chi connectivity index (χ0) is 20.2. The molecule has 0 fully saturated rings. The normalized spacial score (nSPS) is 12.6. The number of hydrogen-bond donors (Lipinski definition) is 0. The molecule has 0 saturated heterocycles. The van der Waals surface area contributed by atoms with E-state index in [9.17, 15) is 14.2 Å². The van der Waals surface area contributed by atoms with E-state index in [2.05, 4.69) is 0 Å². The Morgan fingerprint density at radius 1 is 0.769 bits per heavy atom. The maximum Gasteiger partial charge on any atom is 0.319 e. The first-order valence-electron chi connectivity index (χ1n) is 9.20. The number of ketones is 2. The van der Waals surface area contributed by atoms with Crippen molar-refractivity contribution in [3.8, 4) is 0 Å². The van der Waals surface area contributed by atoms with Gasteiger partial charge in [-0.05, 0) is 40.5 Å². The molecule has 0 rings (SSSR count). The SMILES string of the molecule is CCCCOC(C)(C)C(=O)CO[PH](=O)OCC(=O)C(C)(C)OCCCC. The summed E-state index contributed by atoms with van der Waals surface area (Å²) in [5.41, 5.74) is -2.02. The molecule has 0 unspecified atom stereocenters. The summed E-state index contributed by atoms with van der Waals surface area (Å²) in [7, 11) is -2.95. The van der Waals surface area contributed by atoms with Crippen LogP contribution in [0.15, 0.2) is 0 Å². The molecule has 0 N–H and O–H groups in total. The third-order valence-corrected chi connectivity index (χ3v) is 4.67. The van der Waals surface area contributed by atoms with Crippen LogP contribution in [0, 0.1) is 0 Å². The first-order valence-corrected chi connectivity index (χ1v) is 10.4. The van der Waals surface area contributed by atoms with Gasteiger partial charge in [0.25, 0.3) is 0 Å². The quantitative estimate of drug-likeness (QED) is 0.291. The number of carbonyl (C=O) groups is 2. The van der Waals surface area contributed by atoms with Crippen molar-refractivity contribution in [2.45, 2.75) is 78.4 Å². The Morgan fingerprint density at radius 3 is 1.42 bits per heavy atom. The average molecular weight is 394 g/mol. The van der Waals surface area contributed by atoms with Crippen LogP contribution in [0.2, 0.25) is 0 Å². The van der Waals surface area contributed by atoms with Crippen molar-refractivity contribution < 1.29 is 32.7 Å². The molecule has 7 nitrogen and oxygen atoms in total. The topological polar surface area (TPSA) is 88.1 Å². The highest BCUT2D eigenvalue weighted by atomic mass is 31.1. The van der Waals surface area contributed by atoms with Gasteiger partial charge in [-0.1, -0.05) is 26.7 Å². The Morgan fingerprint density at radius 2 is 1.12 bits per heavy atom. The van der Waals surface area contributed by atoms with Crippen molar-refractivity contribution in [2.75, 3.05) is 26.4 Å². The lowest BCUT2D eigenvalue weighted by Gasteiger charge is -2.24. The van der Waals surface area contributed by atoms with Crippen LogP contribution in [-0.2, 0) is 32.7 Å². The Balaban J connectivity index is 4.22. The zero-order valence-corrected chi connectivity index (χ0v) is 18.0. The number of unbranched alkanes of at least 4 members (excludes halogenated alkanes) is 2. The Bertz CT molecular complexity index is 420. The molecule has 154 valence electrons. The smallest absolute Gasteiger partial charge is 0.319 e. The lowest BCUT2D eigenvalue weighted by Crippen LogP contribution is -2.38. The highest BCUT2D eigenvalue weighted by Crippen LogP contribution is 2.26.